The molecular formula is C10H18O6. The topological polar surface area (TPSA) is 118 Å². The van der Waals surface area contributed by atoms with Gasteiger partial charge in [-0.05, 0) is 12.5 Å². The molecule has 0 fully saturated rings. The number of ketones is 1. The highest BCUT2D eigenvalue weighted by molar-refractivity contribution is 5.88. The zero-order chi connectivity index (χ0) is 12.7. The molecule has 4 atom stereocenters. The minimum atomic E-state index is -1.65. The van der Waals surface area contributed by atoms with Crippen molar-refractivity contribution < 1.29 is 30.3 Å². The van der Waals surface area contributed by atoms with Gasteiger partial charge in [0.1, 0.15) is 18.3 Å². The normalized spacial score (nSPS) is 18.6. The summed E-state index contributed by atoms with van der Waals surface area (Å²) in [5, 5.41) is 45.5. The van der Waals surface area contributed by atoms with Crippen molar-refractivity contribution in [2.75, 3.05) is 6.61 Å². The molecule has 0 rings (SSSR count). The van der Waals surface area contributed by atoms with Gasteiger partial charge in [-0.1, -0.05) is 6.58 Å². The second-order valence-electron chi connectivity index (χ2n) is 3.51. The van der Waals surface area contributed by atoms with Gasteiger partial charge in [0.05, 0.1) is 12.7 Å². The molecule has 0 heterocycles. The molecule has 0 aromatic carbocycles. The predicted molar refractivity (Wildman–Crippen MR) is 55.6 cm³/mol. The van der Waals surface area contributed by atoms with Crippen molar-refractivity contribution in [3.63, 3.8) is 0 Å². The summed E-state index contributed by atoms with van der Waals surface area (Å²) in [6, 6.07) is 0. The fourth-order valence-electron chi connectivity index (χ4n) is 1.13. The molecule has 0 spiro atoms. The Bertz CT molecular complexity index is 229. The van der Waals surface area contributed by atoms with E-state index in [1.165, 1.54) is 0 Å². The van der Waals surface area contributed by atoms with E-state index in [-0.39, 0.29) is 18.6 Å². The average molecular weight is 234 g/mol. The summed E-state index contributed by atoms with van der Waals surface area (Å²) in [7, 11) is 0. The molecule has 4 unspecified atom stereocenters. The highest BCUT2D eigenvalue weighted by Crippen LogP contribution is 2.10. The highest BCUT2D eigenvalue weighted by atomic mass is 16.4. The summed E-state index contributed by atoms with van der Waals surface area (Å²) in [5.41, 5.74) is 0. The SMILES string of the molecule is C=CC(=O)CCC(O)C(O)C(O)C(O)CO. The van der Waals surface area contributed by atoms with E-state index >= 15 is 0 Å². The van der Waals surface area contributed by atoms with Crippen LogP contribution < -0.4 is 0 Å². The van der Waals surface area contributed by atoms with Crippen LogP contribution in [0.1, 0.15) is 12.8 Å². The molecule has 16 heavy (non-hydrogen) atoms. The molecule has 0 aliphatic rings. The number of hydrogen-bond acceptors (Lipinski definition) is 6. The number of rotatable bonds is 8. The summed E-state index contributed by atoms with van der Waals surface area (Å²) in [6.45, 7) is 2.52. The minimum Gasteiger partial charge on any atom is -0.394 e. The van der Waals surface area contributed by atoms with E-state index in [9.17, 15) is 20.1 Å². The highest BCUT2D eigenvalue weighted by Gasteiger charge is 2.29. The second kappa shape index (κ2) is 7.48. The average Bonchev–Trinajstić information content (AvgIpc) is 2.32. The molecule has 0 saturated heterocycles. The third kappa shape index (κ3) is 4.82. The zero-order valence-electron chi connectivity index (χ0n) is 8.86. The number of hydrogen-bond donors (Lipinski definition) is 5. The molecule has 5 N–H and O–H groups in total. The first-order valence-corrected chi connectivity index (χ1v) is 4.92. The second-order valence-corrected chi connectivity index (χ2v) is 3.51. The summed E-state index contributed by atoms with van der Waals surface area (Å²) < 4.78 is 0. The van der Waals surface area contributed by atoms with Gasteiger partial charge in [0, 0.05) is 6.42 Å². The molecule has 0 aromatic heterocycles. The van der Waals surface area contributed by atoms with Crippen LogP contribution in [0.15, 0.2) is 12.7 Å². The monoisotopic (exact) mass is 234 g/mol. The Kier molecular flexibility index (Phi) is 7.11. The molecule has 6 nitrogen and oxygen atoms in total. The van der Waals surface area contributed by atoms with Crippen molar-refractivity contribution >= 4 is 5.78 Å². The van der Waals surface area contributed by atoms with Crippen molar-refractivity contribution in [1.29, 1.82) is 0 Å². The van der Waals surface area contributed by atoms with E-state index in [1.54, 1.807) is 0 Å². The molecule has 0 bridgehead atoms. The molecule has 0 aliphatic heterocycles. The Labute approximate surface area is 93.5 Å². The van der Waals surface area contributed by atoms with Gasteiger partial charge in [-0.2, -0.15) is 0 Å². The van der Waals surface area contributed by atoms with E-state index in [4.69, 9.17) is 10.2 Å². The van der Waals surface area contributed by atoms with Crippen LogP contribution in [0.25, 0.3) is 0 Å². The van der Waals surface area contributed by atoms with Gasteiger partial charge in [-0.15, -0.1) is 0 Å². The number of carbonyl (C=O) groups excluding carboxylic acids is 1. The molecule has 0 radical (unpaired) electrons. The molecule has 0 saturated carbocycles. The maximum Gasteiger partial charge on any atom is 0.155 e. The maximum atomic E-state index is 10.8. The smallest absolute Gasteiger partial charge is 0.155 e. The lowest BCUT2D eigenvalue weighted by Gasteiger charge is -2.25. The summed E-state index contributed by atoms with van der Waals surface area (Å²) in [4.78, 5) is 10.8. The predicted octanol–water partition coefficient (Wildman–Crippen LogP) is -2.04. The fraction of sp³-hybridized carbons (Fsp3) is 0.700. The van der Waals surface area contributed by atoms with Gasteiger partial charge < -0.3 is 25.5 Å². The van der Waals surface area contributed by atoms with Gasteiger partial charge >= 0.3 is 0 Å². The van der Waals surface area contributed by atoms with Crippen molar-refractivity contribution in [2.45, 2.75) is 37.3 Å². The van der Waals surface area contributed by atoms with E-state index in [2.05, 4.69) is 6.58 Å². The Hall–Kier alpha value is -0.790. The van der Waals surface area contributed by atoms with Crippen molar-refractivity contribution in [3.8, 4) is 0 Å². The molecular weight excluding hydrogens is 216 g/mol. The lowest BCUT2D eigenvalue weighted by atomic mass is 9.99. The molecule has 0 amide bonds. The molecule has 94 valence electrons. The van der Waals surface area contributed by atoms with Crippen LogP contribution in [0.5, 0.6) is 0 Å². The van der Waals surface area contributed by atoms with E-state index in [1.807, 2.05) is 0 Å². The van der Waals surface area contributed by atoms with Gasteiger partial charge in [0.15, 0.2) is 5.78 Å². The molecule has 0 aromatic rings. The number of aliphatic hydroxyl groups excluding tert-OH is 5. The van der Waals surface area contributed by atoms with Crippen LogP contribution in [0.2, 0.25) is 0 Å². The van der Waals surface area contributed by atoms with E-state index < -0.39 is 31.0 Å². The number of allylic oxidation sites excluding steroid dienone is 1. The first kappa shape index (κ1) is 15.2. The van der Waals surface area contributed by atoms with Crippen molar-refractivity contribution in [2.24, 2.45) is 0 Å². The first-order chi connectivity index (χ1) is 7.43. The van der Waals surface area contributed by atoms with Crippen LogP contribution in [0.3, 0.4) is 0 Å². The van der Waals surface area contributed by atoms with Gasteiger partial charge in [-0.3, -0.25) is 4.79 Å². The van der Waals surface area contributed by atoms with Crippen LogP contribution in [0.4, 0.5) is 0 Å². The Morgan fingerprint density at radius 1 is 1.12 bits per heavy atom. The third-order valence-corrected chi connectivity index (χ3v) is 2.24. The fourth-order valence-corrected chi connectivity index (χ4v) is 1.13. The standard InChI is InChI=1S/C10H18O6/c1-2-6(12)3-4-7(13)9(15)10(16)8(14)5-11/h2,7-11,13-16H,1,3-5H2. The first-order valence-electron chi connectivity index (χ1n) is 4.92. The van der Waals surface area contributed by atoms with Gasteiger partial charge in [-0.25, -0.2) is 0 Å². The molecule has 0 aliphatic carbocycles. The van der Waals surface area contributed by atoms with E-state index in [0.717, 1.165) is 6.08 Å². The summed E-state index contributed by atoms with van der Waals surface area (Å²) in [6.07, 6.45) is -5.11. The van der Waals surface area contributed by atoms with Crippen LogP contribution >= 0.6 is 0 Å². The Morgan fingerprint density at radius 3 is 2.06 bits per heavy atom. The third-order valence-electron chi connectivity index (χ3n) is 2.24. The van der Waals surface area contributed by atoms with Gasteiger partial charge in [0.2, 0.25) is 0 Å². The van der Waals surface area contributed by atoms with Crippen molar-refractivity contribution in [3.05, 3.63) is 12.7 Å². The van der Waals surface area contributed by atoms with Crippen molar-refractivity contribution in [1.82, 2.24) is 0 Å². The lowest BCUT2D eigenvalue weighted by molar-refractivity contribution is -0.122. The minimum absolute atomic E-state index is 0.0103. The Balaban J connectivity index is 4.11. The van der Waals surface area contributed by atoms with Crippen LogP contribution in [-0.2, 0) is 4.79 Å². The van der Waals surface area contributed by atoms with Crippen LogP contribution in [-0.4, -0.2) is 62.3 Å². The number of carbonyl (C=O) groups is 1. The summed E-state index contributed by atoms with van der Waals surface area (Å²) in [5.74, 6) is -0.288. The quantitative estimate of drug-likeness (QED) is 0.309. The van der Waals surface area contributed by atoms with E-state index in [0.29, 0.717) is 0 Å². The lowest BCUT2D eigenvalue weighted by Crippen LogP contribution is -2.45. The van der Waals surface area contributed by atoms with Crippen LogP contribution in [0, 0.1) is 0 Å². The zero-order valence-corrected chi connectivity index (χ0v) is 8.86. The summed E-state index contributed by atoms with van der Waals surface area (Å²) >= 11 is 0. The molecule has 6 heteroatoms. The largest absolute Gasteiger partial charge is 0.394 e. The van der Waals surface area contributed by atoms with Gasteiger partial charge in [0.25, 0.3) is 0 Å². The number of aliphatic hydroxyl groups is 5. The Morgan fingerprint density at radius 2 is 1.62 bits per heavy atom. The maximum absolute atomic E-state index is 10.8.